The van der Waals surface area contributed by atoms with Crippen LogP contribution in [0.2, 0.25) is 0 Å². The average Bonchev–Trinajstić information content (AvgIpc) is 2.66. The molecule has 1 fully saturated rings. The van der Waals surface area contributed by atoms with E-state index in [1.165, 1.54) is 0 Å². The number of fused-ring (bicyclic) bond motifs is 1. The summed E-state index contributed by atoms with van der Waals surface area (Å²) >= 11 is 0. The van der Waals surface area contributed by atoms with E-state index in [1.54, 1.807) is 4.90 Å². The van der Waals surface area contributed by atoms with Crippen LogP contribution in [0.25, 0.3) is 0 Å². The largest absolute Gasteiger partial charge is 0.485 e. The lowest BCUT2D eigenvalue weighted by Crippen LogP contribution is -2.55. The molecule has 0 aromatic heterocycles. The number of nitrogens with one attached hydrogen (secondary N) is 1. The first-order valence-corrected chi connectivity index (χ1v) is 9.19. The maximum Gasteiger partial charge on any atom is 0.267 e. The number of rotatable bonds is 5. The summed E-state index contributed by atoms with van der Waals surface area (Å²) in [7, 11) is 0. The lowest BCUT2D eigenvalue weighted by atomic mass is 10.2. The zero-order valence-electron chi connectivity index (χ0n) is 15.4. The zero-order chi connectivity index (χ0) is 18.5. The average molecular weight is 361 g/mol. The Morgan fingerprint density at radius 1 is 1.15 bits per heavy atom. The highest BCUT2D eigenvalue weighted by atomic mass is 16.6. The van der Waals surface area contributed by atoms with Gasteiger partial charge in [-0.25, -0.2) is 0 Å². The van der Waals surface area contributed by atoms with Crippen molar-refractivity contribution >= 4 is 11.8 Å². The summed E-state index contributed by atoms with van der Waals surface area (Å²) in [5, 5.41) is 2.93. The summed E-state index contributed by atoms with van der Waals surface area (Å²) in [5.41, 5.74) is 0. The van der Waals surface area contributed by atoms with Crippen molar-refractivity contribution in [3.05, 3.63) is 24.3 Å². The van der Waals surface area contributed by atoms with E-state index in [9.17, 15) is 9.59 Å². The van der Waals surface area contributed by atoms with E-state index >= 15 is 0 Å². The van der Waals surface area contributed by atoms with Gasteiger partial charge in [-0.05, 0) is 18.1 Å². The minimum Gasteiger partial charge on any atom is -0.485 e. The molecular formula is C19H27N3O4. The van der Waals surface area contributed by atoms with Gasteiger partial charge in [0.25, 0.3) is 5.91 Å². The third-order valence-electron chi connectivity index (χ3n) is 4.54. The Bertz CT molecular complexity index is 641. The molecule has 7 heteroatoms. The first kappa shape index (κ1) is 18.5. The van der Waals surface area contributed by atoms with Gasteiger partial charge in [-0.3, -0.25) is 14.5 Å². The number of para-hydroxylation sites is 2. The molecule has 2 aliphatic heterocycles. The fourth-order valence-electron chi connectivity index (χ4n) is 3.05. The Hall–Kier alpha value is -2.28. The molecule has 7 nitrogen and oxygen atoms in total. The van der Waals surface area contributed by atoms with Gasteiger partial charge in [0.2, 0.25) is 12.0 Å². The van der Waals surface area contributed by atoms with E-state index in [0.717, 1.165) is 0 Å². The summed E-state index contributed by atoms with van der Waals surface area (Å²) < 4.78 is 11.4. The number of carbonyl (C=O) groups excluding carboxylic acids is 2. The summed E-state index contributed by atoms with van der Waals surface area (Å²) in [6, 6.07) is 7.38. The summed E-state index contributed by atoms with van der Waals surface area (Å²) in [6.45, 7) is 8.00. The Balaban J connectivity index is 1.45. The van der Waals surface area contributed by atoms with Gasteiger partial charge < -0.3 is 19.7 Å². The van der Waals surface area contributed by atoms with Gasteiger partial charge in [0, 0.05) is 32.7 Å². The number of hydrogen-bond acceptors (Lipinski definition) is 5. The van der Waals surface area contributed by atoms with Gasteiger partial charge >= 0.3 is 0 Å². The van der Waals surface area contributed by atoms with Crippen molar-refractivity contribution in [2.24, 2.45) is 5.92 Å². The van der Waals surface area contributed by atoms with Gasteiger partial charge in [0.1, 0.15) is 6.61 Å². The molecular weight excluding hydrogens is 334 g/mol. The van der Waals surface area contributed by atoms with Crippen LogP contribution in [0.5, 0.6) is 11.5 Å². The lowest BCUT2D eigenvalue weighted by molar-refractivity contribution is -0.143. The highest BCUT2D eigenvalue weighted by Crippen LogP contribution is 2.31. The zero-order valence-corrected chi connectivity index (χ0v) is 15.4. The Morgan fingerprint density at radius 3 is 2.54 bits per heavy atom. The quantitative estimate of drug-likeness (QED) is 0.838. The van der Waals surface area contributed by atoms with Gasteiger partial charge in [0.05, 0.1) is 6.54 Å². The Kier molecular flexibility index (Phi) is 5.98. The first-order valence-electron chi connectivity index (χ1n) is 9.19. The summed E-state index contributed by atoms with van der Waals surface area (Å²) in [4.78, 5) is 28.5. The van der Waals surface area contributed by atoms with Crippen molar-refractivity contribution in [3.63, 3.8) is 0 Å². The highest BCUT2D eigenvalue weighted by molar-refractivity contribution is 5.82. The molecule has 1 atom stereocenters. The molecule has 0 bridgehead atoms. The molecule has 1 unspecified atom stereocenters. The fraction of sp³-hybridized carbons (Fsp3) is 0.579. The van der Waals surface area contributed by atoms with E-state index in [-0.39, 0.29) is 18.4 Å². The molecule has 0 spiro atoms. The van der Waals surface area contributed by atoms with E-state index in [1.807, 2.05) is 24.3 Å². The summed E-state index contributed by atoms with van der Waals surface area (Å²) in [5.74, 6) is 1.71. The molecule has 0 aliphatic carbocycles. The molecule has 0 radical (unpaired) electrons. The molecule has 2 heterocycles. The number of ether oxygens (including phenoxy) is 2. The summed E-state index contributed by atoms with van der Waals surface area (Å²) in [6.07, 6.45) is -0.606. The van der Waals surface area contributed by atoms with Crippen LogP contribution in [0.4, 0.5) is 0 Å². The van der Waals surface area contributed by atoms with E-state index < -0.39 is 6.10 Å². The molecule has 1 N–H and O–H groups in total. The van der Waals surface area contributed by atoms with E-state index in [0.29, 0.717) is 56.7 Å². The normalized spacial score (nSPS) is 20.1. The van der Waals surface area contributed by atoms with Crippen molar-refractivity contribution in [2.75, 3.05) is 45.9 Å². The molecule has 1 aromatic rings. The van der Waals surface area contributed by atoms with Crippen LogP contribution >= 0.6 is 0 Å². The van der Waals surface area contributed by atoms with Crippen molar-refractivity contribution in [3.8, 4) is 11.5 Å². The van der Waals surface area contributed by atoms with Crippen molar-refractivity contribution in [1.29, 1.82) is 0 Å². The molecule has 2 aliphatic rings. The second-order valence-corrected chi connectivity index (χ2v) is 7.16. The Morgan fingerprint density at radius 2 is 1.85 bits per heavy atom. The first-order chi connectivity index (χ1) is 12.5. The van der Waals surface area contributed by atoms with Gasteiger partial charge in [-0.15, -0.1) is 0 Å². The molecule has 2 amide bonds. The number of nitrogens with zero attached hydrogens (tertiary/aromatic N) is 2. The predicted octanol–water partition coefficient (Wildman–Crippen LogP) is 0.743. The van der Waals surface area contributed by atoms with E-state index in [2.05, 4.69) is 24.1 Å². The van der Waals surface area contributed by atoms with Crippen LogP contribution in [0, 0.1) is 5.92 Å². The maximum absolute atomic E-state index is 12.7. The van der Waals surface area contributed by atoms with Crippen LogP contribution in [-0.4, -0.2) is 73.6 Å². The minimum absolute atomic E-state index is 0.0408. The van der Waals surface area contributed by atoms with Crippen LogP contribution in [-0.2, 0) is 9.59 Å². The van der Waals surface area contributed by atoms with Crippen LogP contribution in [0.1, 0.15) is 13.8 Å². The lowest BCUT2D eigenvalue weighted by Gasteiger charge is -2.36. The third kappa shape index (κ3) is 4.66. The van der Waals surface area contributed by atoms with Crippen molar-refractivity contribution in [1.82, 2.24) is 15.1 Å². The van der Waals surface area contributed by atoms with Crippen LogP contribution < -0.4 is 14.8 Å². The topological polar surface area (TPSA) is 71.1 Å². The Labute approximate surface area is 154 Å². The molecule has 1 saturated heterocycles. The predicted molar refractivity (Wildman–Crippen MR) is 97.2 cm³/mol. The molecule has 142 valence electrons. The second kappa shape index (κ2) is 8.40. The molecule has 26 heavy (non-hydrogen) atoms. The van der Waals surface area contributed by atoms with Crippen LogP contribution in [0.15, 0.2) is 24.3 Å². The number of piperazine rings is 1. The standard InChI is InChI=1S/C19H27N3O4/c1-14(2)11-20-18(23)12-21-7-9-22(10-8-21)19(24)17-13-25-15-5-3-4-6-16(15)26-17/h3-6,14,17H,7-13H2,1-2H3,(H,20,23). The minimum atomic E-state index is -0.606. The number of carbonyl (C=O) groups is 2. The number of hydrogen-bond donors (Lipinski definition) is 1. The van der Waals surface area contributed by atoms with Gasteiger partial charge in [-0.1, -0.05) is 26.0 Å². The van der Waals surface area contributed by atoms with Crippen LogP contribution in [0.3, 0.4) is 0 Å². The maximum atomic E-state index is 12.7. The molecule has 0 saturated carbocycles. The van der Waals surface area contributed by atoms with Gasteiger partial charge in [-0.2, -0.15) is 0 Å². The number of amides is 2. The van der Waals surface area contributed by atoms with Crippen molar-refractivity contribution in [2.45, 2.75) is 20.0 Å². The molecule has 1 aromatic carbocycles. The van der Waals surface area contributed by atoms with Gasteiger partial charge in [0.15, 0.2) is 11.5 Å². The van der Waals surface area contributed by atoms with Crippen molar-refractivity contribution < 1.29 is 19.1 Å². The SMILES string of the molecule is CC(C)CNC(=O)CN1CCN(C(=O)C2COc3ccccc3O2)CC1. The highest BCUT2D eigenvalue weighted by Gasteiger charge is 2.32. The fourth-order valence-corrected chi connectivity index (χ4v) is 3.05. The smallest absolute Gasteiger partial charge is 0.267 e. The number of benzene rings is 1. The molecule has 3 rings (SSSR count). The second-order valence-electron chi connectivity index (χ2n) is 7.16. The third-order valence-corrected chi connectivity index (χ3v) is 4.54. The van der Waals surface area contributed by atoms with E-state index in [4.69, 9.17) is 9.47 Å². The monoisotopic (exact) mass is 361 g/mol.